The molecule has 3 N–H and O–H groups in total. The Hall–Kier alpha value is -2.42. The van der Waals surface area contributed by atoms with Gasteiger partial charge in [0.25, 0.3) is 0 Å². The van der Waals surface area contributed by atoms with Crippen LogP contribution >= 0.6 is 0 Å². The lowest BCUT2D eigenvalue weighted by Crippen LogP contribution is -2.51. The van der Waals surface area contributed by atoms with E-state index in [-0.39, 0.29) is 28.8 Å². The molecule has 1 saturated carbocycles. The molecular formula is C27H38N4O3S. The number of carbonyl (C=O) groups excluding carboxylic acids is 1. The molecule has 1 heterocycles. The maximum Gasteiger partial charge on any atom is 0.240 e. The molecule has 0 radical (unpaired) electrons. The highest BCUT2D eigenvalue weighted by Crippen LogP contribution is 2.31. The summed E-state index contributed by atoms with van der Waals surface area (Å²) in [5.41, 5.74) is 3.03. The minimum Gasteiger partial charge on any atom is -0.385 e. The first-order valence-electron chi connectivity index (χ1n) is 12.8. The van der Waals surface area contributed by atoms with Gasteiger partial charge in [-0.15, -0.1) is 0 Å². The Labute approximate surface area is 209 Å². The van der Waals surface area contributed by atoms with E-state index in [1.807, 2.05) is 36.1 Å². The van der Waals surface area contributed by atoms with Crippen molar-refractivity contribution in [2.75, 3.05) is 31.5 Å². The molecule has 0 bridgehead atoms. The molecule has 0 unspecified atom stereocenters. The number of aryl methyl sites for hydroxylation is 1. The molecule has 1 aliphatic heterocycles. The molecule has 2 aromatic carbocycles. The highest BCUT2D eigenvalue weighted by atomic mass is 32.2. The largest absolute Gasteiger partial charge is 0.385 e. The van der Waals surface area contributed by atoms with Gasteiger partial charge in [0, 0.05) is 43.8 Å². The summed E-state index contributed by atoms with van der Waals surface area (Å²) in [5.74, 6) is 0.149. The number of nitrogens with zero attached hydrogens (tertiary/aromatic N) is 1. The Morgan fingerprint density at radius 3 is 2.54 bits per heavy atom. The molecule has 1 amide bonds. The van der Waals surface area contributed by atoms with Crippen LogP contribution in [-0.4, -0.2) is 51.4 Å². The highest BCUT2D eigenvalue weighted by molar-refractivity contribution is 7.89. The molecule has 0 spiro atoms. The van der Waals surface area contributed by atoms with Gasteiger partial charge in [-0.1, -0.05) is 43.3 Å². The van der Waals surface area contributed by atoms with E-state index in [0.717, 1.165) is 42.9 Å². The summed E-state index contributed by atoms with van der Waals surface area (Å²) in [6.45, 7) is 7.11. The van der Waals surface area contributed by atoms with Crippen molar-refractivity contribution < 1.29 is 13.2 Å². The van der Waals surface area contributed by atoms with Gasteiger partial charge in [0.2, 0.25) is 15.9 Å². The zero-order valence-electron chi connectivity index (χ0n) is 20.8. The zero-order chi connectivity index (χ0) is 24.8. The van der Waals surface area contributed by atoms with Crippen LogP contribution in [0.4, 0.5) is 5.69 Å². The van der Waals surface area contributed by atoms with Crippen molar-refractivity contribution in [3.63, 3.8) is 0 Å². The molecule has 0 aromatic heterocycles. The minimum atomic E-state index is -3.62. The second-order valence-corrected chi connectivity index (χ2v) is 11.4. The van der Waals surface area contributed by atoms with E-state index in [1.54, 1.807) is 12.1 Å². The lowest BCUT2D eigenvalue weighted by molar-refractivity contribution is -0.140. The Kier molecular flexibility index (Phi) is 8.46. The summed E-state index contributed by atoms with van der Waals surface area (Å²) >= 11 is 0. The van der Waals surface area contributed by atoms with Gasteiger partial charge in [0.15, 0.2) is 0 Å². The summed E-state index contributed by atoms with van der Waals surface area (Å²) in [6.07, 6.45) is 3.72. The van der Waals surface area contributed by atoms with Crippen LogP contribution in [0.1, 0.15) is 56.2 Å². The number of sulfonamides is 1. The maximum absolute atomic E-state index is 13.5. The molecule has 2 fully saturated rings. The summed E-state index contributed by atoms with van der Waals surface area (Å²) in [7, 11) is -3.62. The fourth-order valence-corrected chi connectivity index (χ4v) is 6.47. The van der Waals surface area contributed by atoms with Crippen molar-refractivity contribution in [3.05, 3.63) is 59.7 Å². The summed E-state index contributed by atoms with van der Waals surface area (Å²) < 4.78 is 29.1. The third kappa shape index (κ3) is 6.23. The Morgan fingerprint density at radius 1 is 1.09 bits per heavy atom. The number of anilines is 1. The third-order valence-electron chi connectivity index (χ3n) is 7.19. The normalized spacial score (nSPS) is 23.1. The second-order valence-electron chi connectivity index (χ2n) is 9.74. The van der Waals surface area contributed by atoms with Gasteiger partial charge in [-0.25, -0.2) is 13.1 Å². The first-order valence-corrected chi connectivity index (χ1v) is 14.3. The van der Waals surface area contributed by atoms with Crippen molar-refractivity contribution in [2.45, 2.75) is 62.9 Å². The van der Waals surface area contributed by atoms with Crippen LogP contribution in [0.25, 0.3) is 0 Å². The van der Waals surface area contributed by atoms with E-state index >= 15 is 0 Å². The van der Waals surface area contributed by atoms with E-state index in [9.17, 15) is 13.2 Å². The van der Waals surface area contributed by atoms with Crippen molar-refractivity contribution in [1.82, 2.24) is 14.9 Å². The van der Waals surface area contributed by atoms with Crippen LogP contribution in [0.2, 0.25) is 0 Å². The van der Waals surface area contributed by atoms with Crippen LogP contribution in [0, 0.1) is 12.8 Å². The molecule has 1 aliphatic carbocycles. The Bertz CT molecular complexity index is 1100. The van der Waals surface area contributed by atoms with Crippen molar-refractivity contribution in [3.8, 4) is 0 Å². The predicted octanol–water partition coefficient (Wildman–Crippen LogP) is 3.83. The second kappa shape index (κ2) is 11.5. The van der Waals surface area contributed by atoms with Crippen LogP contribution in [0.3, 0.4) is 0 Å². The number of nitrogens with one attached hydrogen (secondary N) is 3. The van der Waals surface area contributed by atoms with Crippen LogP contribution in [0.5, 0.6) is 0 Å². The van der Waals surface area contributed by atoms with Gasteiger partial charge in [0.1, 0.15) is 0 Å². The van der Waals surface area contributed by atoms with E-state index < -0.39 is 10.0 Å². The number of amides is 1. The van der Waals surface area contributed by atoms with Gasteiger partial charge < -0.3 is 15.5 Å². The lowest BCUT2D eigenvalue weighted by atomic mass is 9.85. The highest BCUT2D eigenvalue weighted by Gasteiger charge is 2.35. The molecule has 2 aromatic rings. The monoisotopic (exact) mass is 498 g/mol. The van der Waals surface area contributed by atoms with Crippen LogP contribution in [0.15, 0.2) is 53.4 Å². The predicted molar refractivity (Wildman–Crippen MR) is 140 cm³/mol. The van der Waals surface area contributed by atoms with E-state index in [4.69, 9.17) is 0 Å². The van der Waals surface area contributed by atoms with E-state index in [1.165, 1.54) is 0 Å². The fourth-order valence-electron chi connectivity index (χ4n) is 5.14. The number of hydrogen-bond acceptors (Lipinski definition) is 5. The average molecular weight is 499 g/mol. The molecule has 4 rings (SSSR count). The molecule has 190 valence electrons. The molecule has 2 aliphatic rings. The minimum absolute atomic E-state index is 0.0470. The van der Waals surface area contributed by atoms with Crippen molar-refractivity contribution in [2.24, 2.45) is 5.92 Å². The van der Waals surface area contributed by atoms with Crippen LogP contribution in [-0.2, 0) is 14.8 Å². The van der Waals surface area contributed by atoms with Gasteiger partial charge >= 0.3 is 0 Å². The molecule has 7 nitrogen and oxygen atoms in total. The zero-order valence-corrected chi connectivity index (χ0v) is 21.6. The summed E-state index contributed by atoms with van der Waals surface area (Å²) in [6, 6.07) is 15.3. The Morgan fingerprint density at radius 2 is 1.83 bits per heavy atom. The SMILES string of the molecule is CCCNc1cc(S(=O)(=O)N[C@H]2CC[C@H](C(=O)N3CCNC[C@@H]3c3ccccc3)CC2)ccc1C. The van der Waals surface area contributed by atoms with Gasteiger partial charge in [0.05, 0.1) is 10.9 Å². The first-order chi connectivity index (χ1) is 16.9. The van der Waals surface area contributed by atoms with Crippen molar-refractivity contribution in [1.29, 1.82) is 0 Å². The van der Waals surface area contributed by atoms with E-state index in [0.29, 0.717) is 32.2 Å². The van der Waals surface area contributed by atoms with Gasteiger partial charge in [-0.05, 0) is 62.3 Å². The lowest BCUT2D eigenvalue weighted by Gasteiger charge is -2.40. The van der Waals surface area contributed by atoms with E-state index in [2.05, 4.69) is 34.4 Å². The average Bonchev–Trinajstić information content (AvgIpc) is 2.88. The summed E-state index contributed by atoms with van der Waals surface area (Å²) in [4.78, 5) is 15.8. The molecule has 8 heteroatoms. The number of benzene rings is 2. The third-order valence-corrected chi connectivity index (χ3v) is 8.71. The summed E-state index contributed by atoms with van der Waals surface area (Å²) in [5, 5.41) is 6.72. The number of carbonyl (C=O) groups is 1. The maximum atomic E-state index is 13.5. The Balaban J connectivity index is 1.36. The molecule has 1 atom stereocenters. The number of hydrogen-bond donors (Lipinski definition) is 3. The smallest absolute Gasteiger partial charge is 0.240 e. The van der Waals surface area contributed by atoms with Gasteiger partial charge in [-0.3, -0.25) is 4.79 Å². The quantitative estimate of drug-likeness (QED) is 0.515. The topological polar surface area (TPSA) is 90.5 Å². The molecule has 1 saturated heterocycles. The standard InChI is InChI=1S/C27H38N4O3S/c1-3-15-29-25-18-24(14-9-20(25)2)35(33,34)30-23-12-10-22(11-13-23)27(32)31-17-16-28-19-26(31)21-7-5-4-6-8-21/h4-9,14,18,22-23,26,28-30H,3,10-13,15-17,19H2,1-2H3/t22-,23-,26-/m1/s1. The molecular weight excluding hydrogens is 460 g/mol. The fraction of sp³-hybridized carbons (Fsp3) is 0.519. The van der Waals surface area contributed by atoms with Gasteiger partial charge in [-0.2, -0.15) is 0 Å². The number of rotatable bonds is 8. The molecule has 35 heavy (non-hydrogen) atoms. The van der Waals surface area contributed by atoms with Crippen molar-refractivity contribution >= 4 is 21.6 Å². The number of piperazine rings is 1. The first kappa shape index (κ1) is 25.7. The van der Waals surface area contributed by atoms with Crippen LogP contribution < -0.4 is 15.4 Å².